The normalized spacial score (nSPS) is 12.0. The van der Waals surface area contributed by atoms with Crippen LogP contribution in [0.5, 0.6) is 0 Å². The van der Waals surface area contributed by atoms with Crippen molar-refractivity contribution in [2.45, 2.75) is 59.2 Å². The summed E-state index contributed by atoms with van der Waals surface area (Å²) in [6.45, 7) is 12.9. The highest BCUT2D eigenvalue weighted by atomic mass is 127. The van der Waals surface area contributed by atoms with Crippen LogP contribution in [-0.4, -0.2) is 41.4 Å². The molecule has 1 aromatic heterocycles. The molecule has 0 aliphatic carbocycles. The van der Waals surface area contributed by atoms with Crippen molar-refractivity contribution in [1.82, 2.24) is 21.1 Å². The van der Waals surface area contributed by atoms with Crippen molar-refractivity contribution in [1.29, 1.82) is 0 Å². The Morgan fingerprint density at radius 3 is 2.42 bits per heavy atom. The molecule has 0 atom stereocenters. The Morgan fingerprint density at radius 2 is 1.81 bits per heavy atom. The van der Waals surface area contributed by atoms with E-state index in [9.17, 15) is 4.79 Å². The Kier molecular flexibility index (Phi) is 10.3. The molecule has 31 heavy (non-hydrogen) atoms. The Balaban J connectivity index is 0.00000480. The van der Waals surface area contributed by atoms with E-state index in [2.05, 4.69) is 26.1 Å². The predicted molar refractivity (Wildman–Crippen MR) is 134 cm³/mol. The fourth-order valence-corrected chi connectivity index (χ4v) is 2.56. The van der Waals surface area contributed by atoms with Gasteiger partial charge in [-0.15, -0.1) is 24.0 Å². The summed E-state index contributed by atoms with van der Waals surface area (Å²) in [7, 11) is 0. The molecule has 3 N–H and O–H groups in total. The molecule has 172 valence electrons. The molecule has 0 spiro atoms. The highest BCUT2D eigenvalue weighted by Crippen LogP contribution is 2.19. The molecule has 0 unspecified atom stereocenters. The van der Waals surface area contributed by atoms with Crippen LogP contribution in [0.3, 0.4) is 0 Å². The predicted octanol–water partition coefficient (Wildman–Crippen LogP) is 4.32. The molecule has 2 aromatic rings. The average molecular weight is 543 g/mol. The third-order valence-electron chi connectivity index (χ3n) is 3.90. The van der Waals surface area contributed by atoms with Crippen LogP contribution >= 0.6 is 24.0 Å². The van der Waals surface area contributed by atoms with Crippen molar-refractivity contribution in [2.75, 3.05) is 13.1 Å². The van der Waals surface area contributed by atoms with E-state index in [0.29, 0.717) is 31.4 Å². The summed E-state index contributed by atoms with van der Waals surface area (Å²) in [5, 5.41) is 13.4. The topological polar surface area (TPSA) is 101 Å². The number of nitrogens with zero attached hydrogens (tertiary/aromatic N) is 2. The second-order valence-electron chi connectivity index (χ2n) is 8.61. The number of alkyl carbamates (subject to hydrolysis) is 1. The molecule has 1 aromatic carbocycles. The summed E-state index contributed by atoms with van der Waals surface area (Å²) in [5.74, 6) is 1.34. The maximum Gasteiger partial charge on any atom is 0.408 e. The van der Waals surface area contributed by atoms with Gasteiger partial charge in [-0.05, 0) is 41.5 Å². The SMILES string of the molecule is CCNC(=NCc1cc(-c2ccccc2)on1)NCC(C)(C)NC(=O)OC(C)(C)C.I. The minimum absolute atomic E-state index is 0. The summed E-state index contributed by atoms with van der Waals surface area (Å²) in [4.78, 5) is 16.6. The lowest BCUT2D eigenvalue weighted by atomic mass is 10.1. The van der Waals surface area contributed by atoms with Gasteiger partial charge >= 0.3 is 6.09 Å². The molecule has 1 amide bonds. The van der Waals surface area contributed by atoms with Gasteiger partial charge in [0.1, 0.15) is 11.3 Å². The molecule has 8 nitrogen and oxygen atoms in total. The van der Waals surface area contributed by atoms with Crippen molar-refractivity contribution in [2.24, 2.45) is 4.99 Å². The number of nitrogens with one attached hydrogen (secondary N) is 3. The zero-order valence-electron chi connectivity index (χ0n) is 19.1. The third-order valence-corrected chi connectivity index (χ3v) is 3.90. The maximum atomic E-state index is 12.0. The molecule has 0 aliphatic rings. The van der Waals surface area contributed by atoms with E-state index < -0.39 is 17.2 Å². The summed E-state index contributed by atoms with van der Waals surface area (Å²) >= 11 is 0. The monoisotopic (exact) mass is 543 g/mol. The minimum atomic E-state index is -0.541. The van der Waals surface area contributed by atoms with Gasteiger partial charge < -0.3 is 25.2 Å². The van der Waals surface area contributed by atoms with Gasteiger partial charge in [0.15, 0.2) is 11.7 Å². The van der Waals surface area contributed by atoms with Crippen LogP contribution in [0.2, 0.25) is 0 Å². The summed E-state index contributed by atoms with van der Waals surface area (Å²) in [5.41, 5.74) is 0.630. The lowest BCUT2D eigenvalue weighted by Crippen LogP contribution is -2.54. The van der Waals surface area contributed by atoms with Crippen molar-refractivity contribution < 1.29 is 14.1 Å². The molecule has 0 radical (unpaired) electrons. The van der Waals surface area contributed by atoms with Gasteiger partial charge in [0, 0.05) is 24.7 Å². The largest absolute Gasteiger partial charge is 0.444 e. The van der Waals surface area contributed by atoms with E-state index in [1.54, 1.807) is 0 Å². The average Bonchev–Trinajstić information content (AvgIpc) is 3.12. The number of carbonyl (C=O) groups excluding carboxylic acids is 1. The second-order valence-corrected chi connectivity index (χ2v) is 8.61. The molecule has 0 saturated heterocycles. The quantitative estimate of drug-likeness (QED) is 0.273. The first kappa shape index (κ1) is 26.7. The summed E-state index contributed by atoms with van der Waals surface area (Å²) in [6, 6.07) is 11.7. The lowest BCUT2D eigenvalue weighted by Gasteiger charge is -2.29. The Labute approximate surface area is 201 Å². The molecule has 0 bridgehead atoms. The van der Waals surface area contributed by atoms with Crippen LogP contribution in [0, 0.1) is 0 Å². The number of hydrogen-bond acceptors (Lipinski definition) is 5. The first-order valence-corrected chi connectivity index (χ1v) is 10.1. The number of halogens is 1. The number of hydrogen-bond donors (Lipinski definition) is 3. The molecule has 0 saturated carbocycles. The highest BCUT2D eigenvalue weighted by molar-refractivity contribution is 14.0. The fourth-order valence-electron chi connectivity index (χ4n) is 2.56. The number of aromatic nitrogens is 1. The van der Waals surface area contributed by atoms with Crippen molar-refractivity contribution in [3.8, 4) is 11.3 Å². The minimum Gasteiger partial charge on any atom is -0.444 e. The summed E-state index contributed by atoms with van der Waals surface area (Å²) < 4.78 is 10.7. The van der Waals surface area contributed by atoms with Crippen LogP contribution in [-0.2, 0) is 11.3 Å². The van der Waals surface area contributed by atoms with Crippen molar-refractivity contribution in [3.05, 3.63) is 42.1 Å². The molecule has 2 rings (SSSR count). The van der Waals surface area contributed by atoms with Crippen LogP contribution in [0.1, 0.15) is 47.2 Å². The van der Waals surface area contributed by atoms with Gasteiger partial charge in [-0.3, -0.25) is 0 Å². The van der Waals surface area contributed by atoms with Gasteiger partial charge in [-0.2, -0.15) is 0 Å². The Morgan fingerprint density at radius 1 is 1.13 bits per heavy atom. The second kappa shape index (κ2) is 11.9. The standard InChI is InChI=1S/C22H33N5O3.HI/c1-7-23-19(25-15-22(5,6)26-20(28)29-21(2,3)4)24-14-17-13-18(30-27-17)16-11-9-8-10-12-16;/h8-13H,7,14-15H2,1-6H3,(H,26,28)(H2,23,24,25);1H. The molecular weight excluding hydrogens is 509 g/mol. The number of rotatable bonds is 7. The molecule has 1 heterocycles. The Hall–Kier alpha value is -2.30. The van der Waals surface area contributed by atoms with E-state index in [-0.39, 0.29) is 24.0 Å². The van der Waals surface area contributed by atoms with Crippen LogP contribution in [0.4, 0.5) is 4.79 Å². The van der Waals surface area contributed by atoms with E-state index >= 15 is 0 Å². The maximum absolute atomic E-state index is 12.0. The molecule has 9 heteroatoms. The smallest absolute Gasteiger partial charge is 0.408 e. The number of carbonyl (C=O) groups is 1. The molecular formula is C22H34IN5O3. The van der Waals surface area contributed by atoms with Crippen molar-refractivity contribution in [3.63, 3.8) is 0 Å². The van der Waals surface area contributed by atoms with Crippen LogP contribution < -0.4 is 16.0 Å². The number of aliphatic imine (C=N–C) groups is 1. The highest BCUT2D eigenvalue weighted by Gasteiger charge is 2.24. The van der Waals surface area contributed by atoms with Crippen molar-refractivity contribution >= 4 is 36.0 Å². The fraction of sp³-hybridized carbons (Fsp3) is 0.500. The van der Waals surface area contributed by atoms with Gasteiger partial charge in [0.2, 0.25) is 0 Å². The van der Waals surface area contributed by atoms with Gasteiger partial charge in [0.25, 0.3) is 0 Å². The number of benzene rings is 1. The Bertz CT molecular complexity index is 844. The van der Waals surface area contributed by atoms with Crippen LogP contribution in [0.15, 0.2) is 45.9 Å². The first-order chi connectivity index (χ1) is 14.1. The van der Waals surface area contributed by atoms with Gasteiger partial charge in [-0.1, -0.05) is 35.5 Å². The number of amides is 1. The third kappa shape index (κ3) is 10.0. The molecule has 0 fully saturated rings. The van der Waals surface area contributed by atoms with E-state index in [4.69, 9.17) is 9.26 Å². The number of ether oxygens (including phenoxy) is 1. The lowest BCUT2D eigenvalue weighted by molar-refractivity contribution is 0.0474. The summed E-state index contributed by atoms with van der Waals surface area (Å²) in [6.07, 6.45) is -0.452. The van der Waals surface area contributed by atoms with E-state index in [1.807, 2.05) is 77.9 Å². The van der Waals surface area contributed by atoms with Gasteiger partial charge in [0.05, 0.1) is 12.1 Å². The van der Waals surface area contributed by atoms with Crippen LogP contribution in [0.25, 0.3) is 11.3 Å². The zero-order valence-corrected chi connectivity index (χ0v) is 21.4. The zero-order chi connectivity index (χ0) is 22.2. The van der Waals surface area contributed by atoms with E-state index in [1.165, 1.54) is 0 Å². The van der Waals surface area contributed by atoms with E-state index in [0.717, 1.165) is 11.3 Å². The first-order valence-electron chi connectivity index (χ1n) is 10.1. The van der Waals surface area contributed by atoms with Gasteiger partial charge in [-0.25, -0.2) is 9.79 Å². The number of guanidine groups is 1. The molecule has 0 aliphatic heterocycles.